The van der Waals surface area contributed by atoms with Crippen LogP contribution in [-0.2, 0) is 9.53 Å². The number of hydrogen-bond donors (Lipinski definition) is 1. The lowest BCUT2D eigenvalue weighted by Crippen LogP contribution is -2.22. The molecule has 29 heavy (non-hydrogen) atoms. The molecule has 1 N–H and O–H groups in total. The zero-order valence-corrected chi connectivity index (χ0v) is 16.1. The first-order valence-corrected chi connectivity index (χ1v) is 8.74. The maximum Gasteiger partial charge on any atom is 0.375 e. The van der Waals surface area contributed by atoms with E-state index in [2.05, 4.69) is 5.32 Å². The van der Waals surface area contributed by atoms with Gasteiger partial charge in [-0.25, -0.2) is 9.18 Å². The van der Waals surface area contributed by atoms with E-state index in [1.165, 1.54) is 17.0 Å². The van der Waals surface area contributed by atoms with E-state index in [1.807, 2.05) is 0 Å². The molecule has 1 heterocycles. The van der Waals surface area contributed by atoms with E-state index >= 15 is 0 Å². The van der Waals surface area contributed by atoms with Gasteiger partial charge in [0.1, 0.15) is 0 Å². The Morgan fingerprint density at radius 1 is 1.10 bits per heavy atom. The number of benzene rings is 2. The molecule has 150 valence electrons. The van der Waals surface area contributed by atoms with Crippen molar-refractivity contribution in [2.24, 2.45) is 0 Å². The lowest BCUT2D eigenvalue weighted by Gasteiger charge is -2.11. The summed E-state index contributed by atoms with van der Waals surface area (Å²) in [5, 5.41) is 3.03. The Kier molecular flexibility index (Phi) is 5.63. The molecule has 2 aromatic carbocycles. The van der Waals surface area contributed by atoms with Crippen molar-refractivity contribution < 1.29 is 27.9 Å². The van der Waals surface area contributed by atoms with Gasteiger partial charge in [0, 0.05) is 36.3 Å². The quantitative estimate of drug-likeness (QED) is 0.666. The third-order valence-corrected chi connectivity index (χ3v) is 4.26. The molecule has 0 fully saturated rings. The predicted molar refractivity (Wildman–Crippen MR) is 104 cm³/mol. The first-order chi connectivity index (χ1) is 13.8. The molecule has 1 aromatic heterocycles. The van der Waals surface area contributed by atoms with Gasteiger partial charge in [-0.15, -0.1) is 0 Å². The maximum atomic E-state index is 13.8. The summed E-state index contributed by atoms with van der Waals surface area (Å²) in [6, 6.07) is 10.7. The molecule has 3 rings (SSSR count). The fourth-order valence-corrected chi connectivity index (χ4v) is 2.75. The van der Waals surface area contributed by atoms with Crippen LogP contribution >= 0.6 is 0 Å². The van der Waals surface area contributed by atoms with Gasteiger partial charge in [0.25, 0.3) is 11.8 Å². The molecule has 0 bridgehead atoms. The smallest absolute Gasteiger partial charge is 0.375 e. The van der Waals surface area contributed by atoms with E-state index in [0.717, 1.165) is 0 Å². The fourth-order valence-electron chi connectivity index (χ4n) is 2.75. The largest absolute Gasteiger partial charge is 0.450 e. The number of fused-ring (bicyclic) bond motifs is 1. The second-order valence-corrected chi connectivity index (χ2v) is 6.57. The molecule has 2 amide bonds. The summed E-state index contributed by atoms with van der Waals surface area (Å²) in [5.41, 5.74) is 1.33. The van der Waals surface area contributed by atoms with Crippen LogP contribution in [0.5, 0.6) is 0 Å². The Bertz CT molecular complexity index is 1090. The summed E-state index contributed by atoms with van der Waals surface area (Å²) >= 11 is 0. The first-order valence-electron chi connectivity index (χ1n) is 8.74. The number of carbonyl (C=O) groups is 3. The van der Waals surface area contributed by atoms with E-state index in [1.54, 1.807) is 51.4 Å². The summed E-state index contributed by atoms with van der Waals surface area (Å²) in [6.07, 6.45) is 0. The van der Waals surface area contributed by atoms with Crippen molar-refractivity contribution in [3.8, 4) is 0 Å². The SMILES string of the molecule is Cc1c(C(=O)OCC(=O)Nc2ccc(C(=O)N(C)C)cc2)oc2c(F)cccc12. The Morgan fingerprint density at radius 3 is 2.41 bits per heavy atom. The van der Waals surface area contributed by atoms with Crippen LogP contribution in [0.1, 0.15) is 26.5 Å². The average molecular weight is 398 g/mol. The number of furan rings is 1. The molecule has 0 radical (unpaired) electrons. The van der Waals surface area contributed by atoms with E-state index in [4.69, 9.17) is 9.15 Å². The Hall–Kier alpha value is -3.68. The number of nitrogens with zero attached hydrogens (tertiary/aromatic N) is 1. The number of aryl methyl sites for hydroxylation is 1. The van der Waals surface area contributed by atoms with Crippen molar-refractivity contribution in [1.82, 2.24) is 4.90 Å². The van der Waals surface area contributed by atoms with Gasteiger partial charge >= 0.3 is 5.97 Å². The van der Waals surface area contributed by atoms with Crippen molar-refractivity contribution in [1.29, 1.82) is 0 Å². The highest BCUT2D eigenvalue weighted by Gasteiger charge is 2.21. The Morgan fingerprint density at radius 2 is 1.79 bits per heavy atom. The number of esters is 1. The monoisotopic (exact) mass is 398 g/mol. The number of carbonyl (C=O) groups excluding carboxylic acids is 3. The third kappa shape index (κ3) is 4.26. The molecular weight excluding hydrogens is 379 g/mol. The minimum absolute atomic E-state index is 0.0336. The maximum absolute atomic E-state index is 13.8. The van der Waals surface area contributed by atoms with Crippen molar-refractivity contribution >= 4 is 34.4 Å². The van der Waals surface area contributed by atoms with Crippen LogP contribution < -0.4 is 5.32 Å². The van der Waals surface area contributed by atoms with Crippen LogP contribution in [0.2, 0.25) is 0 Å². The van der Waals surface area contributed by atoms with Crippen molar-refractivity contribution in [3.05, 3.63) is 65.2 Å². The normalized spacial score (nSPS) is 10.6. The second kappa shape index (κ2) is 8.14. The number of nitrogens with one attached hydrogen (secondary N) is 1. The van der Waals surface area contributed by atoms with E-state index in [-0.39, 0.29) is 17.3 Å². The predicted octanol–water partition coefficient (Wildman–Crippen LogP) is 3.38. The number of para-hydroxylation sites is 1. The topological polar surface area (TPSA) is 88.8 Å². The summed E-state index contributed by atoms with van der Waals surface area (Å²) in [4.78, 5) is 37.6. The van der Waals surface area contributed by atoms with Gasteiger partial charge in [-0.3, -0.25) is 9.59 Å². The first kappa shape index (κ1) is 20.1. The Labute approximate surface area is 166 Å². The highest BCUT2D eigenvalue weighted by atomic mass is 19.1. The van der Waals surface area contributed by atoms with Gasteiger partial charge in [0.05, 0.1) is 0 Å². The molecule has 0 unspecified atom stereocenters. The van der Waals surface area contributed by atoms with Crippen LogP contribution in [0, 0.1) is 12.7 Å². The van der Waals surface area contributed by atoms with E-state index in [9.17, 15) is 18.8 Å². The molecule has 0 aliphatic heterocycles. The molecule has 3 aromatic rings. The van der Waals surface area contributed by atoms with Gasteiger partial charge in [-0.2, -0.15) is 0 Å². The average Bonchev–Trinajstić information content (AvgIpc) is 3.04. The molecule has 0 saturated heterocycles. The highest BCUT2D eigenvalue weighted by Crippen LogP contribution is 2.27. The van der Waals surface area contributed by atoms with Gasteiger partial charge in [-0.1, -0.05) is 12.1 Å². The molecule has 0 spiro atoms. The number of halogens is 1. The zero-order chi connectivity index (χ0) is 21.1. The van der Waals surface area contributed by atoms with Crippen LogP contribution in [0.4, 0.5) is 10.1 Å². The molecule has 0 aliphatic carbocycles. The summed E-state index contributed by atoms with van der Waals surface area (Å²) in [5.74, 6) is -2.32. The molecule has 0 saturated carbocycles. The number of rotatable bonds is 5. The number of hydrogen-bond acceptors (Lipinski definition) is 5. The highest BCUT2D eigenvalue weighted by molar-refractivity contribution is 5.99. The summed E-state index contributed by atoms with van der Waals surface area (Å²) < 4.78 is 24.0. The molecule has 7 nitrogen and oxygen atoms in total. The molecular formula is C21H19FN2O5. The summed E-state index contributed by atoms with van der Waals surface area (Å²) in [7, 11) is 3.29. The van der Waals surface area contributed by atoms with Crippen molar-refractivity contribution in [2.75, 3.05) is 26.0 Å². The van der Waals surface area contributed by atoms with Gasteiger partial charge < -0.3 is 19.4 Å². The van der Waals surface area contributed by atoms with Gasteiger partial charge in [0.15, 0.2) is 18.0 Å². The molecule has 0 atom stereocenters. The van der Waals surface area contributed by atoms with Crippen molar-refractivity contribution in [3.63, 3.8) is 0 Å². The third-order valence-electron chi connectivity index (χ3n) is 4.26. The van der Waals surface area contributed by atoms with Crippen molar-refractivity contribution in [2.45, 2.75) is 6.92 Å². The minimum atomic E-state index is -0.861. The second-order valence-electron chi connectivity index (χ2n) is 6.57. The van der Waals surface area contributed by atoms with Gasteiger partial charge in [0.2, 0.25) is 5.76 Å². The van der Waals surface area contributed by atoms with E-state index < -0.39 is 24.3 Å². The van der Waals surface area contributed by atoms with Crippen LogP contribution in [0.15, 0.2) is 46.9 Å². The Balaban J connectivity index is 1.61. The molecule has 8 heteroatoms. The molecule has 0 aliphatic rings. The van der Waals surface area contributed by atoms with Crippen LogP contribution in [0.25, 0.3) is 11.0 Å². The van der Waals surface area contributed by atoms with E-state index in [0.29, 0.717) is 22.2 Å². The fraction of sp³-hybridized carbons (Fsp3) is 0.190. The number of anilines is 1. The lowest BCUT2D eigenvalue weighted by atomic mass is 10.1. The number of ether oxygens (including phenoxy) is 1. The minimum Gasteiger partial charge on any atom is -0.450 e. The van der Waals surface area contributed by atoms with Crippen LogP contribution in [0.3, 0.4) is 0 Å². The zero-order valence-electron chi connectivity index (χ0n) is 16.1. The van der Waals surface area contributed by atoms with Crippen LogP contribution in [-0.4, -0.2) is 43.4 Å². The standard InChI is InChI=1S/C21H19FN2O5/c1-12-15-5-4-6-16(22)19(15)29-18(12)21(27)28-11-17(25)23-14-9-7-13(8-10-14)20(26)24(2)3/h4-10H,11H2,1-3H3,(H,23,25). The van der Waals surface area contributed by atoms with Gasteiger partial charge in [-0.05, 0) is 37.3 Å². The summed E-state index contributed by atoms with van der Waals surface area (Å²) in [6.45, 7) is 1.06. The lowest BCUT2D eigenvalue weighted by molar-refractivity contribution is -0.119. The number of amides is 2.